The van der Waals surface area contributed by atoms with Crippen molar-refractivity contribution in [2.45, 2.75) is 26.2 Å². The van der Waals surface area contributed by atoms with Crippen molar-refractivity contribution >= 4 is 38.9 Å². The van der Waals surface area contributed by atoms with Crippen molar-refractivity contribution in [1.29, 1.82) is 0 Å². The van der Waals surface area contributed by atoms with Crippen LogP contribution in [-0.2, 0) is 15.4 Å². The molecule has 0 radical (unpaired) electrons. The molecule has 3 N–H and O–H groups in total. The van der Waals surface area contributed by atoms with E-state index in [1.54, 1.807) is 36.4 Å². The van der Waals surface area contributed by atoms with E-state index < -0.39 is 15.9 Å². The molecule has 0 bridgehead atoms. The molecule has 0 atom stereocenters. The van der Waals surface area contributed by atoms with Crippen LogP contribution in [-0.4, -0.2) is 26.5 Å². The zero-order valence-corrected chi connectivity index (χ0v) is 19.8. The number of amides is 2. The van der Waals surface area contributed by atoms with Crippen molar-refractivity contribution in [2.75, 3.05) is 21.6 Å². The van der Waals surface area contributed by atoms with Gasteiger partial charge in [-0.1, -0.05) is 45.0 Å². The van der Waals surface area contributed by atoms with Gasteiger partial charge in [0.1, 0.15) is 0 Å². The minimum atomic E-state index is -3.40. The number of nitrogens with one attached hydrogen (secondary N) is 3. The van der Waals surface area contributed by atoms with Crippen molar-refractivity contribution in [1.82, 2.24) is 0 Å². The molecule has 0 aliphatic rings. The van der Waals surface area contributed by atoms with Crippen molar-refractivity contribution in [2.24, 2.45) is 0 Å². The molecule has 0 fully saturated rings. The van der Waals surface area contributed by atoms with Gasteiger partial charge >= 0.3 is 0 Å². The number of benzene rings is 3. The number of carbonyl (C=O) groups excluding carboxylic acids is 2. The molecular weight excluding hydrogens is 438 g/mol. The quantitative estimate of drug-likeness (QED) is 0.483. The fourth-order valence-corrected chi connectivity index (χ4v) is 3.68. The number of anilines is 3. The van der Waals surface area contributed by atoms with Crippen LogP contribution in [0.5, 0.6) is 0 Å². The lowest BCUT2D eigenvalue weighted by molar-refractivity contribution is 0.101. The van der Waals surface area contributed by atoms with Crippen molar-refractivity contribution in [3.8, 4) is 0 Å². The number of hydrogen-bond donors (Lipinski definition) is 3. The normalized spacial score (nSPS) is 11.5. The Kier molecular flexibility index (Phi) is 6.88. The van der Waals surface area contributed by atoms with Crippen LogP contribution in [0.25, 0.3) is 0 Å². The highest BCUT2D eigenvalue weighted by atomic mass is 32.2. The van der Waals surface area contributed by atoms with Crippen LogP contribution in [0.4, 0.5) is 17.1 Å². The standard InChI is InChI=1S/C25H27N3O4S/c1-25(2,3)19-13-9-17(10-14-19)23(29)26-21-7-5-6-8-22(21)27-24(30)18-11-15-20(16-12-18)28-33(4,31)32/h5-16,28H,1-4H3,(H,26,29)(H,27,30). The van der Waals surface area contributed by atoms with Gasteiger partial charge in [0.25, 0.3) is 11.8 Å². The van der Waals surface area contributed by atoms with E-state index in [2.05, 4.69) is 36.1 Å². The maximum atomic E-state index is 12.8. The highest BCUT2D eigenvalue weighted by molar-refractivity contribution is 7.92. The number of hydrogen-bond acceptors (Lipinski definition) is 4. The SMILES string of the molecule is CC(C)(C)c1ccc(C(=O)Nc2ccccc2NC(=O)c2ccc(NS(C)(=O)=O)cc2)cc1. The van der Waals surface area contributed by atoms with Gasteiger partial charge in [-0.3, -0.25) is 14.3 Å². The van der Waals surface area contributed by atoms with Gasteiger partial charge in [0.05, 0.1) is 17.6 Å². The predicted molar refractivity (Wildman–Crippen MR) is 132 cm³/mol. The number of para-hydroxylation sites is 2. The molecule has 0 aliphatic heterocycles. The lowest BCUT2D eigenvalue weighted by Crippen LogP contribution is -2.17. The molecule has 0 saturated heterocycles. The van der Waals surface area contributed by atoms with Gasteiger partial charge in [-0.25, -0.2) is 8.42 Å². The molecule has 3 aromatic rings. The molecule has 0 saturated carbocycles. The molecule has 0 aliphatic carbocycles. The Balaban J connectivity index is 1.72. The van der Waals surface area contributed by atoms with Crippen LogP contribution in [0.1, 0.15) is 47.1 Å². The van der Waals surface area contributed by atoms with Gasteiger partial charge < -0.3 is 10.6 Å². The average molecular weight is 466 g/mol. The Morgan fingerprint density at radius 3 is 1.52 bits per heavy atom. The van der Waals surface area contributed by atoms with Crippen LogP contribution in [0.15, 0.2) is 72.8 Å². The van der Waals surface area contributed by atoms with Gasteiger partial charge in [-0.15, -0.1) is 0 Å². The monoisotopic (exact) mass is 465 g/mol. The molecule has 3 rings (SSSR count). The van der Waals surface area contributed by atoms with Crippen LogP contribution in [0.3, 0.4) is 0 Å². The Morgan fingerprint density at radius 2 is 1.12 bits per heavy atom. The summed E-state index contributed by atoms with van der Waals surface area (Å²) in [7, 11) is -3.40. The first-order valence-electron chi connectivity index (χ1n) is 10.3. The van der Waals surface area contributed by atoms with Gasteiger partial charge in [0.15, 0.2) is 0 Å². The number of sulfonamides is 1. The Labute approximate surface area is 194 Å². The topological polar surface area (TPSA) is 104 Å². The second-order valence-corrected chi connectivity index (χ2v) is 10.5. The Bertz CT molecular complexity index is 1260. The summed E-state index contributed by atoms with van der Waals surface area (Å²) in [6.07, 6.45) is 1.05. The largest absolute Gasteiger partial charge is 0.320 e. The van der Waals surface area contributed by atoms with Gasteiger partial charge in [-0.05, 0) is 59.5 Å². The van der Waals surface area contributed by atoms with Gasteiger partial charge in [0, 0.05) is 16.8 Å². The summed E-state index contributed by atoms with van der Waals surface area (Å²) >= 11 is 0. The Hall–Kier alpha value is -3.65. The molecule has 0 spiro atoms. The third-order valence-corrected chi connectivity index (χ3v) is 5.49. The molecule has 2 amide bonds. The summed E-state index contributed by atoms with van der Waals surface area (Å²) in [5.41, 5.74) is 3.24. The zero-order chi connectivity index (χ0) is 24.2. The highest BCUT2D eigenvalue weighted by Crippen LogP contribution is 2.25. The second kappa shape index (κ2) is 9.46. The maximum Gasteiger partial charge on any atom is 0.255 e. The van der Waals surface area contributed by atoms with E-state index in [1.165, 1.54) is 24.3 Å². The van der Waals surface area contributed by atoms with Crippen LogP contribution >= 0.6 is 0 Å². The summed E-state index contributed by atoms with van der Waals surface area (Å²) in [5.74, 6) is -0.675. The molecule has 8 heteroatoms. The molecule has 3 aromatic carbocycles. The van der Waals surface area contributed by atoms with E-state index in [4.69, 9.17) is 0 Å². The molecule has 33 heavy (non-hydrogen) atoms. The van der Waals surface area contributed by atoms with Gasteiger partial charge in [0.2, 0.25) is 10.0 Å². The highest BCUT2D eigenvalue weighted by Gasteiger charge is 2.16. The van der Waals surface area contributed by atoms with E-state index in [0.29, 0.717) is 28.2 Å². The van der Waals surface area contributed by atoms with E-state index in [1.807, 2.05) is 12.1 Å². The molecule has 0 heterocycles. The van der Waals surface area contributed by atoms with E-state index in [0.717, 1.165) is 11.8 Å². The maximum absolute atomic E-state index is 12.8. The van der Waals surface area contributed by atoms with Crippen LogP contribution < -0.4 is 15.4 Å². The van der Waals surface area contributed by atoms with Crippen LogP contribution in [0.2, 0.25) is 0 Å². The van der Waals surface area contributed by atoms with Crippen molar-refractivity contribution in [3.05, 3.63) is 89.5 Å². The first-order chi connectivity index (χ1) is 15.4. The fraction of sp³-hybridized carbons (Fsp3) is 0.200. The van der Waals surface area contributed by atoms with Crippen molar-refractivity contribution in [3.63, 3.8) is 0 Å². The third-order valence-electron chi connectivity index (χ3n) is 4.89. The first-order valence-corrected chi connectivity index (χ1v) is 12.2. The lowest BCUT2D eigenvalue weighted by atomic mass is 9.87. The molecule has 7 nitrogen and oxygen atoms in total. The first kappa shape index (κ1) is 24.0. The van der Waals surface area contributed by atoms with E-state index in [-0.39, 0.29) is 11.3 Å². The van der Waals surface area contributed by atoms with Crippen molar-refractivity contribution < 1.29 is 18.0 Å². The molecule has 0 aromatic heterocycles. The molecule has 172 valence electrons. The average Bonchev–Trinajstić information content (AvgIpc) is 2.74. The second-order valence-electron chi connectivity index (χ2n) is 8.73. The van der Waals surface area contributed by atoms with E-state index in [9.17, 15) is 18.0 Å². The van der Waals surface area contributed by atoms with Crippen LogP contribution in [0, 0.1) is 0 Å². The summed E-state index contributed by atoms with van der Waals surface area (Å²) in [5, 5.41) is 5.63. The number of rotatable bonds is 6. The minimum Gasteiger partial charge on any atom is -0.320 e. The number of carbonyl (C=O) groups is 2. The molecular formula is C25H27N3O4S. The van der Waals surface area contributed by atoms with E-state index >= 15 is 0 Å². The predicted octanol–water partition coefficient (Wildman–Crippen LogP) is 4.86. The third kappa shape index (κ3) is 6.66. The lowest BCUT2D eigenvalue weighted by Gasteiger charge is -2.19. The van der Waals surface area contributed by atoms with Gasteiger partial charge in [-0.2, -0.15) is 0 Å². The minimum absolute atomic E-state index is 0.00898. The Morgan fingerprint density at radius 1 is 0.697 bits per heavy atom. The summed E-state index contributed by atoms with van der Waals surface area (Å²) in [4.78, 5) is 25.4. The summed E-state index contributed by atoms with van der Waals surface area (Å²) < 4.78 is 25.0. The smallest absolute Gasteiger partial charge is 0.255 e. The zero-order valence-electron chi connectivity index (χ0n) is 19.0. The summed E-state index contributed by atoms with van der Waals surface area (Å²) in [6, 6.07) is 20.4. The fourth-order valence-electron chi connectivity index (χ4n) is 3.12. The molecule has 0 unspecified atom stereocenters. The summed E-state index contributed by atoms with van der Waals surface area (Å²) in [6.45, 7) is 6.32.